The van der Waals surface area contributed by atoms with Crippen LogP contribution in [0.5, 0.6) is 5.75 Å². The van der Waals surface area contributed by atoms with Crippen molar-refractivity contribution in [1.82, 2.24) is 20.5 Å². The lowest BCUT2D eigenvalue weighted by molar-refractivity contribution is -0.122. The largest absolute Gasteiger partial charge is 0.506 e. The van der Waals surface area contributed by atoms with Crippen molar-refractivity contribution in [3.05, 3.63) is 23.5 Å². The molecule has 0 bridgehead atoms. The molecule has 21 heavy (non-hydrogen) atoms. The quantitative estimate of drug-likeness (QED) is 0.732. The molecule has 1 fully saturated rings. The van der Waals surface area contributed by atoms with E-state index in [9.17, 15) is 9.90 Å². The first kappa shape index (κ1) is 15.7. The van der Waals surface area contributed by atoms with Crippen LogP contribution < -0.4 is 10.6 Å². The molecule has 1 saturated heterocycles. The van der Waals surface area contributed by atoms with E-state index < -0.39 is 0 Å². The molecular formula is C15H24N4O2. The summed E-state index contributed by atoms with van der Waals surface area (Å²) >= 11 is 0. The molecule has 0 aromatic carbocycles. The van der Waals surface area contributed by atoms with Crippen LogP contribution in [0.1, 0.15) is 24.2 Å². The third kappa shape index (κ3) is 4.68. The van der Waals surface area contributed by atoms with E-state index in [1.165, 1.54) is 0 Å². The standard InChI is InChI=1S/C15H24N4O2/c1-11-3-4-14(20)13(18-11)9-17-12-5-7-19(8-6-12)10-15(21)16-2/h3-4,12,17,20H,5-10H2,1-2H3,(H,16,21). The maximum atomic E-state index is 11.3. The maximum Gasteiger partial charge on any atom is 0.233 e. The molecule has 0 saturated carbocycles. The molecule has 1 amide bonds. The lowest BCUT2D eigenvalue weighted by Gasteiger charge is -2.31. The lowest BCUT2D eigenvalue weighted by atomic mass is 10.0. The average molecular weight is 292 g/mol. The van der Waals surface area contributed by atoms with Crippen LogP contribution in [-0.4, -0.2) is 53.6 Å². The van der Waals surface area contributed by atoms with Crippen LogP contribution in [0.15, 0.2) is 12.1 Å². The summed E-state index contributed by atoms with van der Waals surface area (Å²) in [6.45, 7) is 4.80. The second-order valence-corrected chi connectivity index (χ2v) is 5.52. The summed E-state index contributed by atoms with van der Waals surface area (Å²) in [5.74, 6) is 0.306. The van der Waals surface area contributed by atoms with Gasteiger partial charge in [0.05, 0.1) is 12.2 Å². The van der Waals surface area contributed by atoms with Crippen molar-refractivity contribution in [2.75, 3.05) is 26.7 Å². The number of aromatic hydroxyl groups is 1. The molecule has 6 heteroatoms. The zero-order valence-corrected chi connectivity index (χ0v) is 12.7. The lowest BCUT2D eigenvalue weighted by Crippen LogP contribution is -2.45. The van der Waals surface area contributed by atoms with E-state index in [1.54, 1.807) is 19.2 Å². The number of likely N-dealkylation sites (tertiary alicyclic amines) is 1. The van der Waals surface area contributed by atoms with Crippen molar-refractivity contribution in [1.29, 1.82) is 0 Å². The molecule has 3 N–H and O–H groups in total. The van der Waals surface area contributed by atoms with Gasteiger partial charge in [0, 0.05) is 38.4 Å². The fourth-order valence-corrected chi connectivity index (χ4v) is 2.55. The SMILES string of the molecule is CNC(=O)CN1CCC(NCc2nc(C)ccc2O)CC1. The van der Waals surface area contributed by atoms with Crippen molar-refractivity contribution in [2.45, 2.75) is 32.4 Å². The molecule has 0 spiro atoms. The number of carbonyl (C=O) groups is 1. The van der Waals surface area contributed by atoms with Gasteiger partial charge in [-0.3, -0.25) is 14.7 Å². The number of amides is 1. The van der Waals surface area contributed by atoms with E-state index in [0.717, 1.165) is 31.6 Å². The van der Waals surface area contributed by atoms with Crippen molar-refractivity contribution in [3.8, 4) is 5.75 Å². The molecule has 0 unspecified atom stereocenters. The summed E-state index contributed by atoms with van der Waals surface area (Å²) < 4.78 is 0. The Morgan fingerprint density at radius 1 is 1.43 bits per heavy atom. The molecule has 0 atom stereocenters. The second-order valence-electron chi connectivity index (χ2n) is 5.52. The zero-order chi connectivity index (χ0) is 15.2. The topological polar surface area (TPSA) is 77.5 Å². The minimum atomic E-state index is 0.0651. The molecule has 6 nitrogen and oxygen atoms in total. The monoisotopic (exact) mass is 292 g/mol. The summed E-state index contributed by atoms with van der Waals surface area (Å²) in [7, 11) is 1.66. The number of carbonyl (C=O) groups excluding carboxylic acids is 1. The maximum absolute atomic E-state index is 11.3. The number of nitrogens with zero attached hydrogens (tertiary/aromatic N) is 2. The fourth-order valence-electron chi connectivity index (χ4n) is 2.55. The summed E-state index contributed by atoms with van der Waals surface area (Å²) in [5, 5.41) is 15.9. The fraction of sp³-hybridized carbons (Fsp3) is 0.600. The Hall–Kier alpha value is -1.66. The Balaban J connectivity index is 1.76. The number of hydrogen-bond acceptors (Lipinski definition) is 5. The molecule has 2 rings (SSSR count). The minimum absolute atomic E-state index is 0.0651. The Morgan fingerprint density at radius 2 is 2.14 bits per heavy atom. The van der Waals surface area contributed by atoms with Crippen molar-refractivity contribution in [3.63, 3.8) is 0 Å². The first-order valence-electron chi connectivity index (χ1n) is 7.40. The van der Waals surface area contributed by atoms with Crippen LogP contribution in [0.25, 0.3) is 0 Å². The number of aryl methyl sites for hydroxylation is 1. The molecule has 0 radical (unpaired) electrons. The van der Waals surface area contributed by atoms with Crippen LogP contribution in [-0.2, 0) is 11.3 Å². The van der Waals surface area contributed by atoms with Gasteiger partial charge in [-0.2, -0.15) is 0 Å². The van der Waals surface area contributed by atoms with Gasteiger partial charge in [0.15, 0.2) is 0 Å². The molecule has 116 valence electrons. The Labute approximate surface area is 125 Å². The average Bonchev–Trinajstić information content (AvgIpc) is 2.49. The van der Waals surface area contributed by atoms with E-state index in [-0.39, 0.29) is 11.7 Å². The number of piperidine rings is 1. The highest BCUT2D eigenvalue weighted by Gasteiger charge is 2.20. The summed E-state index contributed by atoms with van der Waals surface area (Å²) in [6, 6.07) is 3.90. The highest BCUT2D eigenvalue weighted by atomic mass is 16.3. The Bertz CT molecular complexity index is 485. The number of likely N-dealkylation sites (N-methyl/N-ethyl adjacent to an activating group) is 1. The van der Waals surface area contributed by atoms with Gasteiger partial charge in [-0.25, -0.2) is 0 Å². The van der Waals surface area contributed by atoms with E-state index >= 15 is 0 Å². The van der Waals surface area contributed by atoms with E-state index in [0.29, 0.717) is 24.8 Å². The van der Waals surface area contributed by atoms with Gasteiger partial charge in [-0.1, -0.05) is 0 Å². The summed E-state index contributed by atoms with van der Waals surface area (Å²) in [6.07, 6.45) is 2.01. The molecule has 1 aliphatic rings. The number of pyridine rings is 1. The van der Waals surface area contributed by atoms with Crippen LogP contribution in [0.3, 0.4) is 0 Å². The number of aromatic nitrogens is 1. The van der Waals surface area contributed by atoms with Gasteiger partial charge >= 0.3 is 0 Å². The van der Waals surface area contributed by atoms with Crippen molar-refractivity contribution in [2.24, 2.45) is 0 Å². The zero-order valence-electron chi connectivity index (χ0n) is 12.7. The van der Waals surface area contributed by atoms with Crippen LogP contribution >= 0.6 is 0 Å². The molecule has 1 aromatic rings. The first-order chi connectivity index (χ1) is 10.1. The normalized spacial score (nSPS) is 16.9. The van der Waals surface area contributed by atoms with Crippen LogP contribution in [0.4, 0.5) is 0 Å². The van der Waals surface area contributed by atoms with Crippen LogP contribution in [0, 0.1) is 6.92 Å². The van der Waals surface area contributed by atoms with Gasteiger partial charge in [0.25, 0.3) is 0 Å². The molecule has 0 aliphatic carbocycles. The number of rotatable bonds is 5. The molecule has 2 heterocycles. The predicted octanol–water partition coefficient (Wildman–Crippen LogP) is 0.396. The third-order valence-electron chi connectivity index (χ3n) is 3.88. The van der Waals surface area contributed by atoms with Gasteiger partial charge < -0.3 is 15.7 Å². The van der Waals surface area contributed by atoms with Gasteiger partial charge in [0.1, 0.15) is 5.75 Å². The van der Waals surface area contributed by atoms with Crippen molar-refractivity contribution < 1.29 is 9.90 Å². The first-order valence-corrected chi connectivity index (χ1v) is 7.40. The van der Waals surface area contributed by atoms with E-state index in [1.807, 2.05) is 6.92 Å². The summed E-state index contributed by atoms with van der Waals surface area (Å²) in [4.78, 5) is 17.8. The van der Waals surface area contributed by atoms with E-state index in [2.05, 4.69) is 20.5 Å². The van der Waals surface area contributed by atoms with Gasteiger partial charge in [0.2, 0.25) is 5.91 Å². The number of nitrogens with one attached hydrogen (secondary N) is 2. The smallest absolute Gasteiger partial charge is 0.233 e. The number of hydrogen-bond donors (Lipinski definition) is 3. The van der Waals surface area contributed by atoms with Crippen LogP contribution in [0.2, 0.25) is 0 Å². The Kier molecular flexibility index (Phi) is 5.52. The van der Waals surface area contributed by atoms with Gasteiger partial charge in [-0.15, -0.1) is 0 Å². The molecule has 1 aliphatic heterocycles. The van der Waals surface area contributed by atoms with Gasteiger partial charge in [-0.05, 0) is 31.9 Å². The Morgan fingerprint density at radius 3 is 2.81 bits per heavy atom. The highest BCUT2D eigenvalue weighted by Crippen LogP contribution is 2.16. The highest BCUT2D eigenvalue weighted by molar-refractivity contribution is 5.77. The van der Waals surface area contributed by atoms with Crippen molar-refractivity contribution >= 4 is 5.91 Å². The minimum Gasteiger partial charge on any atom is -0.506 e. The predicted molar refractivity (Wildman–Crippen MR) is 81.0 cm³/mol. The third-order valence-corrected chi connectivity index (χ3v) is 3.88. The second kappa shape index (κ2) is 7.38. The molecule has 1 aromatic heterocycles. The molecular weight excluding hydrogens is 268 g/mol. The van der Waals surface area contributed by atoms with E-state index in [4.69, 9.17) is 0 Å². The summed E-state index contributed by atoms with van der Waals surface area (Å²) in [5.41, 5.74) is 1.60.